The summed E-state index contributed by atoms with van der Waals surface area (Å²) in [5.41, 5.74) is 0.899. The van der Waals surface area contributed by atoms with E-state index < -0.39 is 0 Å². The van der Waals surface area contributed by atoms with Crippen molar-refractivity contribution in [2.24, 2.45) is 0 Å². The van der Waals surface area contributed by atoms with Gasteiger partial charge in [0.2, 0.25) is 0 Å². The standard InChI is InChI=1S/C11H13BrFNO/c1-3-9-10(14-2)7-4-6(13)5-8(12)11(7)15-9/h4-5,9-10,14H,3H2,1-2H3. The largest absolute Gasteiger partial charge is 0.487 e. The van der Waals surface area contributed by atoms with E-state index in [-0.39, 0.29) is 18.0 Å². The summed E-state index contributed by atoms with van der Waals surface area (Å²) in [6.45, 7) is 2.06. The van der Waals surface area contributed by atoms with E-state index >= 15 is 0 Å². The molecule has 0 radical (unpaired) electrons. The first-order valence-electron chi connectivity index (χ1n) is 5.00. The summed E-state index contributed by atoms with van der Waals surface area (Å²) in [5.74, 6) is 0.531. The third-order valence-corrected chi connectivity index (χ3v) is 3.32. The molecule has 2 nitrogen and oxygen atoms in total. The molecule has 0 bridgehead atoms. The van der Waals surface area contributed by atoms with Crippen molar-refractivity contribution >= 4 is 15.9 Å². The quantitative estimate of drug-likeness (QED) is 0.895. The maximum Gasteiger partial charge on any atom is 0.139 e. The molecule has 0 spiro atoms. The second-order valence-corrected chi connectivity index (χ2v) is 4.49. The van der Waals surface area contributed by atoms with E-state index in [2.05, 4.69) is 28.2 Å². The number of hydrogen-bond donors (Lipinski definition) is 1. The summed E-state index contributed by atoms with van der Waals surface area (Å²) < 4.78 is 19.7. The normalized spacial score (nSPS) is 23.7. The van der Waals surface area contributed by atoms with Crippen LogP contribution in [0.4, 0.5) is 4.39 Å². The van der Waals surface area contributed by atoms with Crippen molar-refractivity contribution in [3.63, 3.8) is 0 Å². The van der Waals surface area contributed by atoms with E-state index in [0.717, 1.165) is 17.7 Å². The van der Waals surface area contributed by atoms with Gasteiger partial charge in [0, 0.05) is 5.56 Å². The number of benzene rings is 1. The fraction of sp³-hybridized carbons (Fsp3) is 0.455. The zero-order valence-electron chi connectivity index (χ0n) is 8.68. The molecule has 1 aliphatic rings. The molecule has 0 amide bonds. The molecule has 0 saturated carbocycles. The second-order valence-electron chi connectivity index (χ2n) is 3.64. The Kier molecular flexibility index (Phi) is 2.98. The van der Waals surface area contributed by atoms with Gasteiger partial charge in [0.05, 0.1) is 10.5 Å². The van der Waals surface area contributed by atoms with Crippen LogP contribution in [0.25, 0.3) is 0 Å². The smallest absolute Gasteiger partial charge is 0.139 e. The number of rotatable bonds is 2. The lowest BCUT2D eigenvalue weighted by Gasteiger charge is -2.16. The summed E-state index contributed by atoms with van der Waals surface area (Å²) in [5, 5.41) is 3.16. The van der Waals surface area contributed by atoms with E-state index in [1.807, 2.05) is 7.05 Å². The first kappa shape index (κ1) is 10.9. The molecule has 4 heteroatoms. The van der Waals surface area contributed by atoms with Crippen molar-refractivity contribution in [3.05, 3.63) is 28.0 Å². The molecule has 1 aromatic rings. The minimum absolute atomic E-state index is 0.0806. The summed E-state index contributed by atoms with van der Waals surface area (Å²) in [7, 11) is 1.87. The Morgan fingerprint density at radius 3 is 2.87 bits per heavy atom. The van der Waals surface area contributed by atoms with Gasteiger partial charge in [-0.1, -0.05) is 6.92 Å². The first-order chi connectivity index (χ1) is 7.17. The van der Waals surface area contributed by atoms with Crippen LogP contribution >= 0.6 is 15.9 Å². The SMILES string of the molecule is CCC1Oc2c(Br)cc(F)cc2C1NC. The highest BCUT2D eigenvalue weighted by molar-refractivity contribution is 9.10. The van der Waals surface area contributed by atoms with Gasteiger partial charge in [-0.2, -0.15) is 0 Å². The van der Waals surface area contributed by atoms with Crippen LogP contribution in [0.2, 0.25) is 0 Å². The highest BCUT2D eigenvalue weighted by Gasteiger charge is 2.33. The van der Waals surface area contributed by atoms with E-state index in [1.54, 1.807) is 0 Å². The Morgan fingerprint density at radius 2 is 2.27 bits per heavy atom. The fourth-order valence-electron chi connectivity index (χ4n) is 2.02. The first-order valence-corrected chi connectivity index (χ1v) is 5.79. The molecule has 2 rings (SSSR count). The minimum Gasteiger partial charge on any atom is -0.487 e. The monoisotopic (exact) mass is 273 g/mol. The zero-order chi connectivity index (χ0) is 11.0. The van der Waals surface area contributed by atoms with Crippen LogP contribution in [-0.2, 0) is 0 Å². The summed E-state index contributed by atoms with van der Waals surface area (Å²) in [6, 6.07) is 3.05. The van der Waals surface area contributed by atoms with Crippen LogP contribution in [0.15, 0.2) is 16.6 Å². The van der Waals surface area contributed by atoms with E-state index in [0.29, 0.717) is 4.47 Å². The zero-order valence-corrected chi connectivity index (χ0v) is 10.3. The Balaban J connectivity index is 2.47. The maximum absolute atomic E-state index is 13.3. The minimum atomic E-state index is -0.235. The summed E-state index contributed by atoms with van der Waals surface area (Å²) in [6.07, 6.45) is 0.983. The molecule has 0 fully saturated rings. The lowest BCUT2D eigenvalue weighted by Crippen LogP contribution is -2.27. The van der Waals surface area contributed by atoms with E-state index in [4.69, 9.17) is 4.74 Å². The average Bonchev–Trinajstić information content (AvgIpc) is 2.55. The number of likely N-dealkylation sites (N-methyl/N-ethyl adjacent to an activating group) is 1. The molecular formula is C11H13BrFNO. The average molecular weight is 274 g/mol. The van der Waals surface area contributed by atoms with Crippen molar-refractivity contribution in [2.45, 2.75) is 25.5 Å². The number of hydrogen-bond acceptors (Lipinski definition) is 2. The highest BCUT2D eigenvalue weighted by atomic mass is 79.9. The molecule has 15 heavy (non-hydrogen) atoms. The fourth-order valence-corrected chi connectivity index (χ4v) is 2.56. The molecule has 1 aliphatic heterocycles. The number of halogens is 2. The van der Waals surface area contributed by atoms with Crippen molar-refractivity contribution < 1.29 is 9.13 Å². The van der Waals surface area contributed by atoms with Gasteiger partial charge in [-0.25, -0.2) is 4.39 Å². The summed E-state index contributed by atoms with van der Waals surface area (Å²) in [4.78, 5) is 0. The second kappa shape index (κ2) is 4.10. The van der Waals surface area contributed by atoms with Gasteiger partial charge in [0.15, 0.2) is 0 Å². The third-order valence-electron chi connectivity index (χ3n) is 2.73. The van der Waals surface area contributed by atoms with Crippen LogP contribution in [0.3, 0.4) is 0 Å². The van der Waals surface area contributed by atoms with Gasteiger partial charge in [0.25, 0.3) is 0 Å². The molecule has 82 valence electrons. The maximum atomic E-state index is 13.3. The van der Waals surface area contributed by atoms with Crippen LogP contribution in [0, 0.1) is 5.82 Å². The molecule has 2 unspecified atom stereocenters. The molecule has 0 aromatic heterocycles. The number of ether oxygens (including phenoxy) is 1. The van der Waals surface area contributed by atoms with Gasteiger partial charge in [-0.05, 0) is 41.5 Å². The number of nitrogens with one attached hydrogen (secondary N) is 1. The molecule has 1 aromatic carbocycles. The predicted molar refractivity (Wildman–Crippen MR) is 60.6 cm³/mol. The third kappa shape index (κ3) is 1.76. The van der Waals surface area contributed by atoms with Crippen LogP contribution in [0.1, 0.15) is 24.9 Å². The van der Waals surface area contributed by atoms with Gasteiger partial charge >= 0.3 is 0 Å². The number of fused-ring (bicyclic) bond motifs is 1. The van der Waals surface area contributed by atoms with Gasteiger partial charge in [-0.15, -0.1) is 0 Å². The van der Waals surface area contributed by atoms with Gasteiger partial charge in [0.1, 0.15) is 17.7 Å². The Bertz CT molecular complexity index is 383. The van der Waals surface area contributed by atoms with Crippen molar-refractivity contribution in [3.8, 4) is 5.75 Å². The van der Waals surface area contributed by atoms with Crippen LogP contribution in [-0.4, -0.2) is 13.2 Å². The Labute approximate surface area is 96.9 Å². The predicted octanol–water partition coefficient (Wildman–Crippen LogP) is 3.02. The van der Waals surface area contributed by atoms with Crippen LogP contribution < -0.4 is 10.1 Å². The lowest BCUT2D eigenvalue weighted by atomic mass is 10.0. The van der Waals surface area contributed by atoms with Crippen molar-refractivity contribution in [1.29, 1.82) is 0 Å². The van der Waals surface area contributed by atoms with E-state index in [1.165, 1.54) is 12.1 Å². The molecule has 2 atom stereocenters. The van der Waals surface area contributed by atoms with E-state index in [9.17, 15) is 4.39 Å². The molecule has 0 aliphatic carbocycles. The molecule has 1 N–H and O–H groups in total. The molecular weight excluding hydrogens is 261 g/mol. The molecule has 1 heterocycles. The van der Waals surface area contributed by atoms with Crippen LogP contribution in [0.5, 0.6) is 5.75 Å². The van der Waals surface area contributed by atoms with Gasteiger partial charge in [-0.3, -0.25) is 0 Å². The molecule has 0 saturated heterocycles. The Morgan fingerprint density at radius 1 is 1.53 bits per heavy atom. The van der Waals surface area contributed by atoms with Gasteiger partial charge < -0.3 is 10.1 Å². The lowest BCUT2D eigenvalue weighted by molar-refractivity contribution is 0.188. The summed E-state index contributed by atoms with van der Waals surface area (Å²) >= 11 is 3.32. The highest BCUT2D eigenvalue weighted by Crippen LogP contribution is 2.42. The van der Waals surface area contributed by atoms with Crippen molar-refractivity contribution in [1.82, 2.24) is 5.32 Å². The Hall–Kier alpha value is -0.610. The van der Waals surface area contributed by atoms with Crippen molar-refractivity contribution in [2.75, 3.05) is 7.05 Å². The topological polar surface area (TPSA) is 21.3 Å².